The Labute approximate surface area is 200 Å². The third kappa shape index (κ3) is 6.93. The second-order valence-corrected chi connectivity index (χ2v) is 11.0. The number of piperazine rings is 1. The van der Waals surface area contributed by atoms with Gasteiger partial charge in [0.15, 0.2) is 0 Å². The molecule has 3 rings (SSSR count). The van der Waals surface area contributed by atoms with E-state index in [1.807, 2.05) is 24.3 Å². The molecule has 0 aromatic heterocycles. The van der Waals surface area contributed by atoms with Crippen molar-refractivity contribution in [3.8, 4) is 0 Å². The van der Waals surface area contributed by atoms with E-state index in [1.165, 1.54) is 24.3 Å². The van der Waals surface area contributed by atoms with Gasteiger partial charge in [0.1, 0.15) is 0 Å². The SMILES string of the molecule is CC(C)(C)NS(=O)(=O)c1ccc(C(=O)NCC(=O)N2CCN(c3cccc(Cl)c3)CC2)cc1. The van der Waals surface area contributed by atoms with Crippen molar-refractivity contribution in [3.05, 3.63) is 59.1 Å². The lowest BCUT2D eigenvalue weighted by atomic mass is 10.1. The van der Waals surface area contributed by atoms with Gasteiger partial charge in [0, 0.05) is 48.0 Å². The average Bonchev–Trinajstić information content (AvgIpc) is 2.76. The maximum Gasteiger partial charge on any atom is 0.251 e. The highest BCUT2D eigenvalue weighted by atomic mass is 35.5. The molecule has 0 atom stereocenters. The lowest BCUT2D eigenvalue weighted by Gasteiger charge is -2.36. The quantitative estimate of drug-likeness (QED) is 0.645. The minimum absolute atomic E-state index is 0.0719. The number of carbonyl (C=O) groups excluding carboxylic acids is 2. The van der Waals surface area contributed by atoms with E-state index in [0.717, 1.165) is 5.69 Å². The van der Waals surface area contributed by atoms with Gasteiger partial charge in [-0.15, -0.1) is 0 Å². The van der Waals surface area contributed by atoms with E-state index >= 15 is 0 Å². The van der Waals surface area contributed by atoms with Crippen LogP contribution in [0.4, 0.5) is 5.69 Å². The summed E-state index contributed by atoms with van der Waals surface area (Å²) in [5.41, 5.74) is 0.684. The summed E-state index contributed by atoms with van der Waals surface area (Å²) in [5.74, 6) is -0.601. The third-order valence-electron chi connectivity index (χ3n) is 5.07. The zero-order valence-electron chi connectivity index (χ0n) is 19.0. The highest BCUT2D eigenvalue weighted by molar-refractivity contribution is 7.89. The van der Waals surface area contributed by atoms with Crippen LogP contribution in [0.25, 0.3) is 0 Å². The molecule has 0 aliphatic carbocycles. The number of rotatable bonds is 6. The van der Waals surface area contributed by atoms with Crippen molar-refractivity contribution >= 4 is 39.1 Å². The van der Waals surface area contributed by atoms with Crippen molar-refractivity contribution in [2.75, 3.05) is 37.6 Å². The molecular formula is C23H29ClN4O4S. The average molecular weight is 493 g/mol. The smallest absolute Gasteiger partial charge is 0.251 e. The second-order valence-electron chi connectivity index (χ2n) is 8.91. The summed E-state index contributed by atoms with van der Waals surface area (Å²) in [6.45, 7) is 7.59. The van der Waals surface area contributed by atoms with Gasteiger partial charge < -0.3 is 15.1 Å². The monoisotopic (exact) mass is 492 g/mol. The number of sulfonamides is 1. The van der Waals surface area contributed by atoms with Crippen LogP contribution in [0.3, 0.4) is 0 Å². The zero-order valence-corrected chi connectivity index (χ0v) is 20.5. The van der Waals surface area contributed by atoms with E-state index in [-0.39, 0.29) is 22.9 Å². The number of hydrogen-bond acceptors (Lipinski definition) is 5. The molecule has 1 aliphatic rings. The number of carbonyl (C=O) groups is 2. The summed E-state index contributed by atoms with van der Waals surface area (Å²) in [6.07, 6.45) is 0. The number of benzene rings is 2. The number of halogens is 1. The minimum atomic E-state index is -3.68. The summed E-state index contributed by atoms with van der Waals surface area (Å²) in [7, 11) is -3.68. The highest BCUT2D eigenvalue weighted by Gasteiger charge is 2.23. The standard InChI is InChI=1S/C23H29ClN4O4S/c1-23(2,3)26-33(31,32)20-9-7-17(8-10-20)22(30)25-16-21(29)28-13-11-27(12-14-28)19-6-4-5-18(24)15-19/h4-10,15,26H,11-14,16H2,1-3H3,(H,25,30). The highest BCUT2D eigenvalue weighted by Crippen LogP contribution is 2.21. The Balaban J connectivity index is 1.50. The number of anilines is 1. The molecule has 1 heterocycles. The van der Waals surface area contributed by atoms with E-state index in [0.29, 0.717) is 31.2 Å². The number of nitrogens with one attached hydrogen (secondary N) is 2. The molecule has 2 aromatic carbocycles. The van der Waals surface area contributed by atoms with Crippen molar-refractivity contribution in [1.29, 1.82) is 0 Å². The zero-order chi connectivity index (χ0) is 24.2. The summed E-state index contributed by atoms with van der Waals surface area (Å²) in [5, 5.41) is 3.29. The maximum atomic E-state index is 12.5. The summed E-state index contributed by atoms with van der Waals surface area (Å²) < 4.78 is 27.3. The summed E-state index contributed by atoms with van der Waals surface area (Å²) >= 11 is 6.06. The Kier molecular flexibility index (Phi) is 7.66. The van der Waals surface area contributed by atoms with Gasteiger partial charge in [0.05, 0.1) is 11.4 Å². The topological polar surface area (TPSA) is 98.8 Å². The first-order valence-corrected chi connectivity index (χ1v) is 12.5. The number of hydrogen-bond donors (Lipinski definition) is 2. The van der Waals surface area contributed by atoms with Crippen LogP contribution in [0.5, 0.6) is 0 Å². The van der Waals surface area contributed by atoms with Gasteiger partial charge in [-0.1, -0.05) is 17.7 Å². The van der Waals surface area contributed by atoms with E-state index in [2.05, 4.69) is 14.9 Å². The van der Waals surface area contributed by atoms with Crippen molar-refractivity contribution in [2.24, 2.45) is 0 Å². The molecule has 33 heavy (non-hydrogen) atoms. The summed E-state index contributed by atoms with van der Waals surface area (Å²) in [4.78, 5) is 28.9. The Bertz CT molecular complexity index is 1110. The Hall–Kier alpha value is -2.62. The first kappa shape index (κ1) is 25.0. The molecule has 1 saturated heterocycles. The molecule has 2 aromatic rings. The van der Waals surface area contributed by atoms with Crippen LogP contribution in [0.15, 0.2) is 53.4 Å². The van der Waals surface area contributed by atoms with Gasteiger partial charge in [0.2, 0.25) is 15.9 Å². The molecule has 0 unspecified atom stereocenters. The van der Waals surface area contributed by atoms with E-state index in [9.17, 15) is 18.0 Å². The van der Waals surface area contributed by atoms with Crippen molar-refractivity contribution in [2.45, 2.75) is 31.2 Å². The van der Waals surface area contributed by atoms with Crippen LogP contribution in [-0.2, 0) is 14.8 Å². The Morgan fingerprint density at radius 2 is 1.64 bits per heavy atom. The first-order chi connectivity index (χ1) is 15.4. The second kappa shape index (κ2) is 10.1. The predicted molar refractivity (Wildman–Crippen MR) is 129 cm³/mol. The van der Waals surface area contributed by atoms with Gasteiger partial charge in [-0.2, -0.15) is 0 Å². The molecule has 0 spiro atoms. The molecule has 0 bridgehead atoms. The van der Waals surface area contributed by atoms with Crippen LogP contribution in [0.1, 0.15) is 31.1 Å². The van der Waals surface area contributed by atoms with E-state index in [1.54, 1.807) is 25.7 Å². The summed E-state index contributed by atoms with van der Waals surface area (Å²) in [6, 6.07) is 13.2. The molecule has 2 amide bonds. The Morgan fingerprint density at radius 3 is 2.21 bits per heavy atom. The Morgan fingerprint density at radius 1 is 1.00 bits per heavy atom. The molecule has 1 fully saturated rings. The molecule has 10 heteroatoms. The van der Waals surface area contributed by atoms with E-state index in [4.69, 9.17) is 11.6 Å². The van der Waals surface area contributed by atoms with Crippen molar-refractivity contribution in [1.82, 2.24) is 14.9 Å². The first-order valence-electron chi connectivity index (χ1n) is 10.7. The van der Waals surface area contributed by atoms with Gasteiger partial charge in [-0.3, -0.25) is 9.59 Å². The van der Waals surface area contributed by atoms with Crippen LogP contribution in [0.2, 0.25) is 5.02 Å². The molecule has 0 saturated carbocycles. The normalized spacial score (nSPS) is 14.8. The molecule has 1 aliphatic heterocycles. The number of nitrogens with zero attached hydrogens (tertiary/aromatic N) is 2. The van der Waals surface area contributed by atoms with Gasteiger partial charge in [-0.25, -0.2) is 13.1 Å². The predicted octanol–water partition coefficient (Wildman–Crippen LogP) is 2.50. The van der Waals surface area contributed by atoms with Crippen molar-refractivity contribution < 1.29 is 18.0 Å². The van der Waals surface area contributed by atoms with Crippen molar-refractivity contribution in [3.63, 3.8) is 0 Å². The fourth-order valence-corrected chi connectivity index (χ4v) is 5.11. The van der Waals surface area contributed by atoms with Gasteiger partial charge >= 0.3 is 0 Å². The number of amides is 2. The molecule has 8 nitrogen and oxygen atoms in total. The molecular weight excluding hydrogens is 464 g/mol. The largest absolute Gasteiger partial charge is 0.368 e. The van der Waals surface area contributed by atoms with Crippen LogP contribution < -0.4 is 14.9 Å². The molecule has 0 radical (unpaired) electrons. The van der Waals surface area contributed by atoms with Crippen LogP contribution >= 0.6 is 11.6 Å². The van der Waals surface area contributed by atoms with E-state index < -0.39 is 21.5 Å². The lowest BCUT2D eigenvalue weighted by Crippen LogP contribution is -2.51. The minimum Gasteiger partial charge on any atom is -0.368 e. The van der Waals surface area contributed by atoms with Crippen LogP contribution in [-0.4, -0.2) is 63.4 Å². The van der Waals surface area contributed by atoms with Gasteiger partial charge in [-0.05, 0) is 63.2 Å². The third-order valence-corrected chi connectivity index (χ3v) is 7.08. The molecule has 2 N–H and O–H groups in total. The lowest BCUT2D eigenvalue weighted by molar-refractivity contribution is -0.130. The molecule has 178 valence electrons. The fraction of sp³-hybridized carbons (Fsp3) is 0.391. The van der Waals surface area contributed by atoms with Gasteiger partial charge in [0.25, 0.3) is 5.91 Å². The van der Waals surface area contributed by atoms with Crippen LogP contribution in [0, 0.1) is 0 Å². The maximum absolute atomic E-state index is 12.5. The fourth-order valence-electron chi connectivity index (χ4n) is 3.50.